The Bertz CT molecular complexity index is 1210. The fourth-order valence-corrected chi connectivity index (χ4v) is 5.02. The van der Waals surface area contributed by atoms with Crippen molar-refractivity contribution in [2.75, 3.05) is 12.4 Å². The first-order valence-corrected chi connectivity index (χ1v) is 13.2. The molecule has 0 N–H and O–H groups in total. The van der Waals surface area contributed by atoms with E-state index >= 15 is 0 Å². The van der Waals surface area contributed by atoms with Crippen LogP contribution in [0.3, 0.4) is 0 Å². The smallest absolute Gasteiger partial charge is 0.306 e. The van der Waals surface area contributed by atoms with Crippen molar-refractivity contribution in [3.8, 4) is 22.5 Å². The van der Waals surface area contributed by atoms with Gasteiger partial charge in [0.15, 0.2) is 5.76 Å². The largest absolute Gasteiger partial charge is 0.466 e. The Morgan fingerprint density at radius 2 is 1.49 bits per heavy atom. The summed E-state index contributed by atoms with van der Waals surface area (Å²) in [7, 11) is 0. The fourth-order valence-electron chi connectivity index (χ4n) is 3.95. The minimum absolute atomic E-state index is 0.149. The van der Waals surface area contributed by atoms with Gasteiger partial charge in [0.25, 0.3) is 0 Å². The van der Waals surface area contributed by atoms with Crippen molar-refractivity contribution in [2.45, 2.75) is 38.9 Å². The van der Waals surface area contributed by atoms with E-state index in [0.29, 0.717) is 19.4 Å². The van der Waals surface area contributed by atoms with Gasteiger partial charge < -0.3 is 9.26 Å². The highest BCUT2D eigenvalue weighted by atomic mass is 32.2. The second kappa shape index (κ2) is 12.4. The summed E-state index contributed by atoms with van der Waals surface area (Å²) in [5.74, 6) is 2.65. The third kappa shape index (κ3) is 6.86. The molecule has 0 aliphatic carbocycles. The number of thioether (sulfide) groups is 1. The summed E-state index contributed by atoms with van der Waals surface area (Å²) in [6.45, 7) is 4.27. The number of aryl methyl sites for hydroxylation is 3. The van der Waals surface area contributed by atoms with Gasteiger partial charge in [0.05, 0.1) is 12.3 Å². The van der Waals surface area contributed by atoms with E-state index in [-0.39, 0.29) is 5.97 Å². The van der Waals surface area contributed by atoms with Gasteiger partial charge in [-0.25, -0.2) is 0 Å². The molecule has 4 nitrogen and oxygen atoms in total. The Morgan fingerprint density at radius 3 is 2.17 bits per heavy atom. The SMILES string of the molecule is CCOC(=O)CCc1ccc(-c2ccc(-c3onc(C)c3CSCCc3ccccc3)cc2)cc1. The fraction of sp³-hybridized carbons (Fsp3) is 0.267. The summed E-state index contributed by atoms with van der Waals surface area (Å²) >= 11 is 1.91. The molecule has 0 spiro atoms. The van der Waals surface area contributed by atoms with Gasteiger partial charge in [0, 0.05) is 23.3 Å². The molecule has 0 bridgehead atoms. The van der Waals surface area contributed by atoms with Crippen LogP contribution in [0.4, 0.5) is 0 Å². The number of carbonyl (C=O) groups is 1. The van der Waals surface area contributed by atoms with Crippen LogP contribution in [0.2, 0.25) is 0 Å². The van der Waals surface area contributed by atoms with Crippen molar-refractivity contribution in [3.63, 3.8) is 0 Å². The van der Waals surface area contributed by atoms with Gasteiger partial charge in [-0.2, -0.15) is 11.8 Å². The second-order valence-electron chi connectivity index (χ2n) is 8.44. The number of nitrogens with zero attached hydrogens (tertiary/aromatic N) is 1. The van der Waals surface area contributed by atoms with Crippen molar-refractivity contribution in [3.05, 3.63) is 101 Å². The topological polar surface area (TPSA) is 52.3 Å². The molecule has 0 aliphatic rings. The number of esters is 1. The van der Waals surface area contributed by atoms with Crippen molar-refractivity contribution >= 4 is 17.7 Å². The molecule has 4 rings (SSSR count). The molecule has 0 saturated heterocycles. The maximum absolute atomic E-state index is 11.6. The second-order valence-corrected chi connectivity index (χ2v) is 9.55. The molecule has 0 aliphatic heterocycles. The van der Waals surface area contributed by atoms with Gasteiger partial charge in [-0.05, 0) is 54.7 Å². The van der Waals surface area contributed by atoms with Crippen LogP contribution in [0.1, 0.15) is 35.7 Å². The van der Waals surface area contributed by atoms with Crippen LogP contribution in [0.15, 0.2) is 83.4 Å². The lowest BCUT2D eigenvalue weighted by Crippen LogP contribution is -2.05. The highest BCUT2D eigenvalue weighted by Crippen LogP contribution is 2.31. The standard InChI is InChI=1S/C30H31NO3S/c1-3-33-29(32)18-11-24-9-12-25(13-10-24)26-14-16-27(17-15-26)30-28(22(2)31-34-30)21-35-20-19-23-7-5-4-6-8-23/h4-10,12-17H,3,11,18-21H2,1-2H3. The van der Waals surface area contributed by atoms with Crippen LogP contribution >= 0.6 is 11.8 Å². The minimum Gasteiger partial charge on any atom is -0.466 e. The maximum Gasteiger partial charge on any atom is 0.306 e. The molecule has 4 aromatic rings. The zero-order valence-electron chi connectivity index (χ0n) is 20.3. The normalized spacial score (nSPS) is 10.9. The monoisotopic (exact) mass is 485 g/mol. The average Bonchev–Trinajstić information content (AvgIpc) is 3.26. The van der Waals surface area contributed by atoms with Crippen molar-refractivity contribution in [1.82, 2.24) is 5.16 Å². The summed E-state index contributed by atoms with van der Waals surface area (Å²) in [6.07, 6.45) is 2.15. The predicted octanol–water partition coefficient (Wildman–Crippen LogP) is 7.29. The Morgan fingerprint density at radius 1 is 0.857 bits per heavy atom. The Hall–Kier alpha value is -3.31. The molecular weight excluding hydrogens is 454 g/mol. The lowest BCUT2D eigenvalue weighted by Gasteiger charge is -2.07. The van der Waals surface area contributed by atoms with Crippen molar-refractivity contribution < 1.29 is 14.1 Å². The lowest BCUT2D eigenvalue weighted by atomic mass is 10.00. The van der Waals surface area contributed by atoms with E-state index in [2.05, 4.69) is 84.0 Å². The highest BCUT2D eigenvalue weighted by Gasteiger charge is 2.15. The summed E-state index contributed by atoms with van der Waals surface area (Å²) < 4.78 is 10.7. The van der Waals surface area contributed by atoms with Crippen LogP contribution in [0.25, 0.3) is 22.5 Å². The van der Waals surface area contributed by atoms with Gasteiger partial charge in [0.1, 0.15) is 0 Å². The van der Waals surface area contributed by atoms with E-state index < -0.39 is 0 Å². The van der Waals surface area contributed by atoms with Crippen molar-refractivity contribution in [1.29, 1.82) is 0 Å². The molecule has 1 aromatic heterocycles. The van der Waals surface area contributed by atoms with E-state index in [9.17, 15) is 4.79 Å². The molecule has 5 heteroatoms. The number of hydrogen-bond donors (Lipinski definition) is 0. The van der Waals surface area contributed by atoms with Gasteiger partial charge in [0.2, 0.25) is 0 Å². The molecule has 0 atom stereocenters. The van der Waals surface area contributed by atoms with Crippen LogP contribution in [-0.2, 0) is 28.1 Å². The molecule has 0 saturated carbocycles. The number of carbonyl (C=O) groups excluding carboxylic acids is 1. The van der Waals surface area contributed by atoms with Gasteiger partial charge in [-0.1, -0.05) is 84.0 Å². The van der Waals surface area contributed by atoms with Crippen LogP contribution in [0.5, 0.6) is 0 Å². The Kier molecular flexibility index (Phi) is 8.79. The number of aromatic nitrogens is 1. The quantitative estimate of drug-likeness (QED) is 0.165. The summed E-state index contributed by atoms with van der Waals surface area (Å²) in [6, 6.07) is 27.4. The maximum atomic E-state index is 11.6. The Balaban J connectivity index is 1.37. The Labute approximate surface area is 211 Å². The molecule has 0 fully saturated rings. The zero-order valence-corrected chi connectivity index (χ0v) is 21.1. The summed E-state index contributed by atoms with van der Waals surface area (Å²) in [4.78, 5) is 11.6. The van der Waals surface area contributed by atoms with E-state index in [1.165, 1.54) is 11.1 Å². The van der Waals surface area contributed by atoms with E-state index in [0.717, 1.165) is 51.6 Å². The van der Waals surface area contributed by atoms with Crippen LogP contribution in [-0.4, -0.2) is 23.5 Å². The predicted molar refractivity (Wildman–Crippen MR) is 143 cm³/mol. The van der Waals surface area contributed by atoms with Gasteiger partial charge in [-0.3, -0.25) is 4.79 Å². The zero-order chi connectivity index (χ0) is 24.5. The third-order valence-corrected chi connectivity index (χ3v) is 6.95. The molecular formula is C30H31NO3S. The summed E-state index contributed by atoms with van der Waals surface area (Å²) in [5.41, 5.74) is 7.94. The highest BCUT2D eigenvalue weighted by molar-refractivity contribution is 7.98. The average molecular weight is 486 g/mol. The molecule has 3 aromatic carbocycles. The number of ether oxygens (including phenoxy) is 1. The molecule has 1 heterocycles. The first kappa shape index (κ1) is 24.8. The van der Waals surface area contributed by atoms with E-state index in [4.69, 9.17) is 9.26 Å². The molecule has 0 radical (unpaired) electrons. The van der Waals surface area contributed by atoms with Crippen LogP contribution < -0.4 is 0 Å². The molecule has 0 unspecified atom stereocenters. The van der Waals surface area contributed by atoms with Crippen molar-refractivity contribution in [2.24, 2.45) is 0 Å². The van der Waals surface area contributed by atoms with Crippen LogP contribution in [0, 0.1) is 6.92 Å². The first-order chi connectivity index (χ1) is 17.1. The number of rotatable bonds is 11. The summed E-state index contributed by atoms with van der Waals surface area (Å²) in [5, 5.41) is 4.24. The first-order valence-electron chi connectivity index (χ1n) is 12.1. The molecule has 0 amide bonds. The number of benzene rings is 3. The lowest BCUT2D eigenvalue weighted by molar-refractivity contribution is -0.143. The van der Waals surface area contributed by atoms with E-state index in [1.807, 2.05) is 25.6 Å². The third-order valence-electron chi connectivity index (χ3n) is 5.97. The minimum atomic E-state index is -0.149. The van der Waals surface area contributed by atoms with E-state index in [1.54, 1.807) is 0 Å². The molecule has 35 heavy (non-hydrogen) atoms. The van der Waals surface area contributed by atoms with Gasteiger partial charge in [-0.15, -0.1) is 0 Å². The molecule has 180 valence electrons. The number of hydrogen-bond acceptors (Lipinski definition) is 5. The van der Waals surface area contributed by atoms with Gasteiger partial charge >= 0.3 is 5.97 Å².